The standard InChI is InChI=1S/C17H23N3OS/c1-12(10-18-3)17(21)19-9-8-14-4-6-15(7-5-14)16-11-22-13(2)20-16/h4-7,11-12,18H,8-10H2,1-3H3,(H,19,21). The lowest BCUT2D eigenvalue weighted by atomic mass is 10.1. The van der Waals surface area contributed by atoms with Gasteiger partial charge < -0.3 is 10.6 Å². The highest BCUT2D eigenvalue weighted by Crippen LogP contribution is 2.21. The van der Waals surface area contributed by atoms with Gasteiger partial charge >= 0.3 is 0 Å². The van der Waals surface area contributed by atoms with Gasteiger partial charge in [-0.25, -0.2) is 4.98 Å². The van der Waals surface area contributed by atoms with Crippen molar-refractivity contribution >= 4 is 17.2 Å². The van der Waals surface area contributed by atoms with Crippen molar-refractivity contribution in [1.29, 1.82) is 0 Å². The number of benzene rings is 1. The van der Waals surface area contributed by atoms with Gasteiger partial charge in [0, 0.05) is 30.0 Å². The second kappa shape index (κ2) is 8.06. The second-order valence-electron chi connectivity index (χ2n) is 5.45. The molecule has 1 heterocycles. The summed E-state index contributed by atoms with van der Waals surface area (Å²) in [6.07, 6.45) is 0.842. The molecule has 1 amide bonds. The first-order valence-corrected chi connectivity index (χ1v) is 8.42. The predicted octanol–water partition coefficient (Wildman–Crippen LogP) is 2.63. The third-order valence-electron chi connectivity index (χ3n) is 3.54. The van der Waals surface area contributed by atoms with Crippen LogP contribution < -0.4 is 10.6 Å². The molecule has 1 aromatic heterocycles. The first kappa shape index (κ1) is 16.6. The fourth-order valence-electron chi connectivity index (χ4n) is 2.24. The maximum absolute atomic E-state index is 11.8. The molecular weight excluding hydrogens is 294 g/mol. The van der Waals surface area contributed by atoms with Gasteiger partial charge in [0.05, 0.1) is 10.7 Å². The van der Waals surface area contributed by atoms with Gasteiger partial charge in [-0.05, 0) is 26.0 Å². The number of carbonyl (C=O) groups is 1. The SMILES string of the molecule is CNCC(C)C(=O)NCCc1ccc(-c2csc(C)n2)cc1. The lowest BCUT2D eigenvalue weighted by Crippen LogP contribution is -2.35. The van der Waals surface area contributed by atoms with Gasteiger partial charge in [-0.3, -0.25) is 4.79 Å². The van der Waals surface area contributed by atoms with Gasteiger partial charge in [-0.1, -0.05) is 31.2 Å². The number of hydrogen-bond acceptors (Lipinski definition) is 4. The van der Waals surface area contributed by atoms with Crippen molar-refractivity contribution in [2.75, 3.05) is 20.1 Å². The molecule has 0 bridgehead atoms. The smallest absolute Gasteiger partial charge is 0.224 e. The van der Waals surface area contributed by atoms with Crippen LogP contribution >= 0.6 is 11.3 Å². The molecule has 0 aliphatic carbocycles. The molecule has 0 radical (unpaired) electrons. The zero-order chi connectivity index (χ0) is 15.9. The van der Waals surface area contributed by atoms with E-state index in [-0.39, 0.29) is 11.8 Å². The van der Waals surface area contributed by atoms with Crippen LogP contribution in [0.5, 0.6) is 0 Å². The molecule has 5 heteroatoms. The maximum atomic E-state index is 11.8. The highest BCUT2D eigenvalue weighted by molar-refractivity contribution is 7.09. The third-order valence-corrected chi connectivity index (χ3v) is 4.31. The van der Waals surface area contributed by atoms with Crippen LogP contribution in [0.4, 0.5) is 0 Å². The Morgan fingerprint density at radius 3 is 2.64 bits per heavy atom. The zero-order valence-corrected chi connectivity index (χ0v) is 14.2. The number of rotatable bonds is 7. The summed E-state index contributed by atoms with van der Waals surface area (Å²) in [4.78, 5) is 16.3. The minimum absolute atomic E-state index is 0.000260. The van der Waals surface area contributed by atoms with Crippen LogP contribution in [0, 0.1) is 12.8 Å². The summed E-state index contributed by atoms with van der Waals surface area (Å²) in [6, 6.07) is 8.39. The van der Waals surface area contributed by atoms with Crippen LogP contribution in [-0.4, -0.2) is 31.0 Å². The maximum Gasteiger partial charge on any atom is 0.224 e. The Labute approximate surface area is 136 Å². The molecule has 1 unspecified atom stereocenters. The van der Waals surface area contributed by atoms with E-state index in [9.17, 15) is 4.79 Å². The molecule has 0 spiro atoms. The average Bonchev–Trinajstić information content (AvgIpc) is 2.94. The summed E-state index contributed by atoms with van der Waals surface area (Å²) >= 11 is 1.66. The normalized spacial score (nSPS) is 12.1. The molecule has 0 fully saturated rings. The molecule has 4 nitrogen and oxygen atoms in total. The summed E-state index contributed by atoms with van der Waals surface area (Å²) < 4.78 is 0. The highest BCUT2D eigenvalue weighted by Gasteiger charge is 2.10. The number of nitrogens with one attached hydrogen (secondary N) is 2. The number of amides is 1. The fraction of sp³-hybridized carbons (Fsp3) is 0.412. The van der Waals surface area contributed by atoms with Crippen molar-refractivity contribution in [1.82, 2.24) is 15.6 Å². The van der Waals surface area contributed by atoms with Gasteiger partial charge in [0.1, 0.15) is 0 Å². The molecule has 2 rings (SSSR count). The van der Waals surface area contributed by atoms with E-state index in [0.717, 1.165) is 22.7 Å². The molecule has 0 aliphatic heterocycles. The van der Waals surface area contributed by atoms with Crippen molar-refractivity contribution in [3.8, 4) is 11.3 Å². The van der Waals surface area contributed by atoms with Gasteiger partial charge in [-0.15, -0.1) is 11.3 Å². The Balaban J connectivity index is 1.83. The van der Waals surface area contributed by atoms with E-state index in [1.807, 2.05) is 20.9 Å². The number of aromatic nitrogens is 1. The average molecular weight is 317 g/mol. The Hall–Kier alpha value is -1.72. The summed E-state index contributed by atoms with van der Waals surface area (Å²) in [6.45, 7) is 5.31. The van der Waals surface area contributed by atoms with Crippen LogP contribution in [-0.2, 0) is 11.2 Å². The van der Waals surface area contributed by atoms with E-state index in [1.165, 1.54) is 5.56 Å². The van der Waals surface area contributed by atoms with E-state index in [2.05, 4.69) is 45.3 Å². The molecular formula is C17H23N3OS. The van der Waals surface area contributed by atoms with E-state index in [4.69, 9.17) is 0 Å². The van der Waals surface area contributed by atoms with Crippen molar-refractivity contribution in [2.45, 2.75) is 20.3 Å². The zero-order valence-electron chi connectivity index (χ0n) is 13.3. The minimum Gasteiger partial charge on any atom is -0.355 e. The number of hydrogen-bond donors (Lipinski definition) is 2. The third kappa shape index (κ3) is 4.64. The van der Waals surface area contributed by atoms with Crippen LogP contribution in [0.15, 0.2) is 29.6 Å². The van der Waals surface area contributed by atoms with Crippen LogP contribution in [0.1, 0.15) is 17.5 Å². The molecule has 1 aromatic carbocycles. The molecule has 0 aliphatic rings. The minimum atomic E-state index is 0.000260. The largest absolute Gasteiger partial charge is 0.355 e. The Morgan fingerprint density at radius 1 is 1.32 bits per heavy atom. The summed E-state index contributed by atoms with van der Waals surface area (Å²) in [7, 11) is 1.86. The van der Waals surface area contributed by atoms with Crippen LogP contribution in [0.25, 0.3) is 11.3 Å². The van der Waals surface area contributed by atoms with Gasteiger partial charge in [0.2, 0.25) is 5.91 Å². The number of thiazole rings is 1. The van der Waals surface area contributed by atoms with Crippen molar-refractivity contribution in [2.24, 2.45) is 5.92 Å². The first-order chi connectivity index (χ1) is 10.6. The number of nitrogens with zero attached hydrogens (tertiary/aromatic N) is 1. The Bertz CT molecular complexity index is 607. The fourth-order valence-corrected chi connectivity index (χ4v) is 2.86. The molecule has 118 valence electrons. The highest BCUT2D eigenvalue weighted by atomic mass is 32.1. The molecule has 0 saturated carbocycles. The molecule has 2 N–H and O–H groups in total. The quantitative estimate of drug-likeness (QED) is 0.825. The van der Waals surface area contributed by atoms with Gasteiger partial charge in [0.25, 0.3) is 0 Å². The number of carbonyl (C=O) groups excluding carboxylic acids is 1. The molecule has 0 saturated heterocycles. The molecule has 1 atom stereocenters. The van der Waals surface area contributed by atoms with E-state index < -0.39 is 0 Å². The summed E-state index contributed by atoms with van der Waals surface area (Å²) in [5, 5.41) is 9.15. The summed E-state index contributed by atoms with van der Waals surface area (Å²) in [5.41, 5.74) is 3.39. The van der Waals surface area contributed by atoms with Crippen molar-refractivity contribution in [3.05, 3.63) is 40.2 Å². The lowest BCUT2D eigenvalue weighted by molar-refractivity contribution is -0.124. The Kier molecular flexibility index (Phi) is 6.10. The number of aryl methyl sites for hydroxylation is 1. The topological polar surface area (TPSA) is 54.0 Å². The van der Waals surface area contributed by atoms with Crippen LogP contribution in [0.3, 0.4) is 0 Å². The predicted molar refractivity (Wildman–Crippen MR) is 92.1 cm³/mol. The van der Waals surface area contributed by atoms with Gasteiger partial charge in [0.15, 0.2) is 0 Å². The van der Waals surface area contributed by atoms with E-state index in [0.29, 0.717) is 13.1 Å². The summed E-state index contributed by atoms with van der Waals surface area (Å²) in [5.74, 6) is 0.101. The van der Waals surface area contributed by atoms with E-state index >= 15 is 0 Å². The monoisotopic (exact) mass is 317 g/mol. The molecule has 2 aromatic rings. The first-order valence-electron chi connectivity index (χ1n) is 7.54. The second-order valence-corrected chi connectivity index (χ2v) is 6.51. The van der Waals surface area contributed by atoms with Crippen molar-refractivity contribution < 1.29 is 4.79 Å². The van der Waals surface area contributed by atoms with Crippen LogP contribution in [0.2, 0.25) is 0 Å². The van der Waals surface area contributed by atoms with E-state index in [1.54, 1.807) is 11.3 Å². The molecule has 22 heavy (non-hydrogen) atoms. The van der Waals surface area contributed by atoms with Gasteiger partial charge in [-0.2, -0.15) is 0 Å². The van der Waals surface area contributed by atoms with Crippen molar-refractivity contribution in [3.63, 3.8) is 0 Å². The Morgan fingerprint density at radius 2 is 2.05 bits per heavy atom. The lowest BCUT2D eigenvalue weighted by Gasteiger charge is -2.11.